The smallest absolute Gasteiger partial charge is 0.249 e. The van der Waals surface area contributed by atoms with Crippen LogP contribution in [0.1, 0.15) is 6.92 Å². The van der Waals surface area contributed by atoms with E-state index in [-0.39, 0.29) is 29.9 Å². The number of hydrogen-bond donors (Lipinski definition) is 3. The van der Waals surface area contributed by atoms with Gasteiger partial charge in [-0.05, 0) is 18.2 Å². The molecule has 0 unspecified atom stereocenters. The Morgan fingerprint density at radius 3 is 2.81 bits per heavy atom. The van der Waals surface area contributed by atoms with Crippen LogP contribution >= 0.6 is 0 Å². The van der Waals surface area contributed by atoms with Gasteiger partial charge in [0.2, 0.25) is 21.9 Å². The Morgan fingerprint density at radius 1 is 1.27 bits per heavy atom. The number of pyridine rings is 2. The highest BCUT2D eigenvalue weighted by atomic mass is 32.2. The van der Waals surface area contributed by atoms with E-state index in [9.17, 15) is 13.2 Å². The Balaban J connectivity index is 1.96. The molecule has 11 heteroatoms. The maximum absolute atomic E-state index is 12.2. The van der Waals surface area contributed by atoms with Crippen molar-refractivity contribution in [3.63, 3.8) is 0 Å². The molecule has 0 aliphatic rings. The van der Waals surface area contributed by atoms with Crippen LogP contribution in [0.25, 0.3) is 16.8 Å². The van der Waals surface area contributed by atoms with E-state index < -0.39 is 10.0 Å². The number of aliphatic hydroxyl groups is 1. The number of carbonyl (C=O) groups is 1. The van der Waals surface area contributed by atoms with Gasteiger partial charge >= 0.3 is 0 Å². The molecular weight excluding hydrogens is 360 g/mol. The number of nitrogens with one attached hydrogen (secondary N) is 2. The first-order valence-electron chi connectivity index (χ1n) is 7.59. The van der Waals surface area contributed by atoms with E-state index in [0.29, 0.717) is 16.8 Å². The average Bonchev–Trinajstić information content (AvgIpc) is 3.00. The topological polar surface area (TPSA) is 139 Å². The minimum absolute atomic E-state index is 0.0129. The molecule has 136 valence electrons. The van der Waals surface area contributed by atoms with E-state index in [4.69, 9.17) is 5.11 Å². The first kappa shape index (κ1) is 17.9. The molecule has 1 amide bonds. The third-order valence-corrected chi connectivity index (χ3v) is 4.81. The van der Waals surface area contributed by atoms with Crippen molar-refractivity contribution in [3.8, 4) is 11.1 Å². The largest absolute Gasteiger partial charge is 0.395 e. The maximum Gasteiger partial charge on any atom is 0.249 e. The Kier molecular flexibility index (Phi) is 4.93. The highest BCUT2D eigenvalue weighted by Gasteiger charge is 2.15. The van der Waals surface area contributed by atoms with Crippen LogP contribution < -0.4 is 10.0 Å². The molecule has 0 saturated heterocycles. The predicted molar refractivity (Wildman–Crippen MR) is 92.8 cm³/mol. The maximum atomic E-state index is 12.2. The predicted octanol–water partition coefficient (Wildman–Crippen LogP) is 0.0203. The first-order valence-corrected chi connectivity index (χ1v) is 9.07. The third-order valence-electron chi connectivity index (χ3n) is 3.38. The second-order valence-electron chi connectivity index (χ2n) is 5.37. The molecule has 10 nitrogen and oxygen atoms in total. The summed E-state index contributed by atoms with van der Waals surface area (Å²) in [4.78, 5) is 19.2. The summed E-state index contributed by atoms with van der Waals surface area (Å²) in [6.07, 6.45) is 4.41. The number of aromatic nitrogens is 4. The summed E-state index contributed by atoms with van der Waals surface area (Å²) in [5, 5.41) is 15.4. The van der Waals surface area contributed by atoms with Crippen molar-refractivity contribution in [1.29, 1.82) is 0 Å². The van der Waals surface area contributed by atoms with Crippen molar-refractivity contribution in [2.24, 2.45) is 0 Å². The molecule has 0 aliphatic heterocycles. The van der Waals surface area contributed by atoms with Gasteiger partial charge < -0.3 is 5.11 Å². The molecule has 0 saturated carbocycles. The SMILES string of the molecule is CC(=O)Nc1nc2ccc(-c3cncc(S(=O)(=O)NCCO)c3)cn2n1. The van der Waals surface area contributed by atoms with Gasteiger partial charge in [-0.2, -0.15) is 4.98 Å². The molecular formula is C15H16N6O4S. The third kappa shape index (κ3) is 3.85. The standard InChI is InChI=1S/C15H16N6O4S/c1-10(23)18-15-19-14-3-2-11(9-21(14)20-15)12-6-13(8-16-7-12)26(24,25)17-4-5-22/h2-3,6-9,17,22H,4-5H2,1H3,(H,18,20,23). The molecule has 0 bridgehead atoms. The van der Waals surface area contributed by atoms with Crippen LogP contribution in [0, 0.1) is 0 Å². The van der Waals surface area contributed by atoms with Gasteiger partial charge in [0.05, 0.1) is 6.61 Å². The Labute approximate surface area is 149 Å². The first-order chi connectivity index (χ1) is 12.4. The second kappa shape index (κ2) is 7.15. The van der Waals surface area contributed by atoms with E-state index in [0.717, 1.165) is 0 Å². The van der Waals surface area contributed by atoms with Crippen molar-refractivity contribution in [1.82, 2.24) is 24.3 Å². The summed E-state index contributed by atoms with van der Waals surface area (Å²) < 4.78 is 28.1. The Morgan fingerprint density at radius 2 is 2.08 bits per heavy atom. The van der Waals surface area contributed by atoms with Crippen LogP contribution in [0.2, 0.25) is 0 Å². The summed E-state index contributed by atoms with van der Waals surface area (Å²) in [7, 11) is -3.76. The summed E-state index contributed by atoms with van der Waals surface area (Å²) in [5.41, 5.74) is 1.76. The number of rotatable bonds is 6. The highest BCUT2D eigenvalue weighted by Crippen LogP contribution is 2.22. The zero-order chi connectivity index (χ0) is 18.7. The van der Waals surface area contributed by atoms with Gasteiger partial charge in [-0.15, -0.1) is 5.10 Å². The van der Waals surface area contributed by atoms with Crippen molar-refractivity contribution < 1.29 is 18.3 Å². The molecule has 3 N–H and O–H groups in total. The van der Waals surface area contributed by atoms with Crippen LogP contribution in [0.4, 0.5) is 5.95 Å². The quantitative estimate of drug-likeness (QED) is 0.551. The molecule has 26 heavy (non-hydrogen) atoms. The minimum Gasteiger partial charge on any atom is -0.395 e. The van der Waals surface area contributed by atoms with Gasteiger partial charge in [0.15, 0.2) is 5.65 Å². The fraction of sp³-hybridized carbons (Fsp3) is 0.200. The summed E-state index contributed by atoms with van der Waals surface area (Å²) in [6.45, 7) is 0.981. The summed E-state index contributed by atoms with van der Waals surface area (Å²) >= 11 is 0. The fourth-order valence-electron chi connectivity index (χ4n) is 2.25. The molecule has 0 aliphatic carbocycles. The molecule has 3 heterocycles. The van der Waals surface area contributed by atoms with Gasteiger partial charge in [-0.25, -0.2) is 17.7 Å². The zero-order valence-corrected chi connectivity index (χ0v) is 14.6. The van der Waals surface area contributed by atoms with E-state index in [2.05, 4.69) is 25.1 Å². The Bertz CT molecular complexity index is 1060. The Hall–Kier alpha value is -2.89. The lowest BCUT2D eigenvalue weighted by Gasteiger charge is -2.07. The van der Waals surface area contributed by atoms with E-state index >= 15 is 0 Å². The lowest BCUT2D eigenvalue weighted by atomic mass is 10.1. The van der Waals surface area contributed by atoms with Gasteiger partial charge in [0, 0.05) is 43.2 Å². The lowest BCUT2D eigenvalue weighted by Crippen LogP contribution is -2.26. The van der Waals surface area contributed by atoms with Crippen molar-refractivity contribution in [2.75, 3.05) is 18.5 Å². The highest BCUT2D eigenvalue weighted by molar-refractivity contribution is 7.89. The van der Waals surface area contributed by atoms with Crippen molar-refractivity contribution in [3.05, 3.63) is 36.8 Å². The number of nitrogens with zero attached hydrogens (tertiary/aromatic N) is 4. The number of hydrogen-bond acceptors (Lipinski definition) is 7. The number of amides is 1. The molecule has 0 aromatic carbocycles. The molecule has 3 aromatic rings. The molecule has 0 atom stereocenters. The van der Waals surface area contributed by atoms with Crippen molar-refractivity contribution >= 4 is 27.5 Å². The number of sulfonamides is 1. The minimum atomic E-state index is -3.76. The lowest BCUT2D eigenvalue weighted by molar-refractivity contribution is -0.114. The van der Waals surface area contributed by atoms with Gasteiger partial charge in [0.1, 0.15) is 4.90 Å². The number of carbonyl (C=O) groups excluding carboxylic acids is 1. The number of aliphatic hydroxyl groups excluding tert-OH is 1. The van der Waals surface area contributed by atoms with Gasteiger partial charge in [-0.3, -0.25) is 15.1 Å². The number of fused-ring (bicyclic) bond motifs is 1. The summed E-state index contributed by atoms with van der Waals surface area (Å²) in [6, 6.07) is 4.91. The van der Waals surface area contributed by atoms with Crippen LogP contribution in [-0.2, 0) is 14.8 Å². The summed E-state index contributed by atoms with van der Waals surface area (Å²) in [5.74, 6) is -0.101. The molecule has 0 spiro atoms. The number of anilines is 1. The average molecular weight is 376 g/mol. The van der Waals surface area contributed by atoms with Crippen LogP contribution in [0.5, 0.6) is 0 Å². The van der Waals surface area contributed by atoms with E-state index in [1.165, 1.54) is 29.9 Å². The van der Waals surface area contributed by atoms with E-state index in [1.807, 2.05) is 0 Å². The molecule has 3 rings (SSSR count). The van der Waals surface area contributed by atoms with Crippen LogP contribution in [0.15, 0.2) is 41.7 Å². The van der Waals surface area contributed by atoms with Crippen LogP contribution in [0.3, 0.4) is 0 Å². The van der Waals surface area contributed by atoms with Gasteiger partial charge in [-0.1, -0.05) is 0 Å². The molecule has 0 fully saturated rings. The fourth-order valence-corrected chi connectivity index (χ4v) is 3.26. The van der Waals surface area contributed by atoms with Gasteiger partial charge in [0.25, 0.3) is 0 Å². The van der Waals surface area contributed by atoms with Crippen LogP contribution in [-0.4, -0.2) is 52.2 Å². The zero-order valence-electron chi connectivity index (χ0n) is 13.7. The molecule has 3 aromatic heterocycles. The molecule has 0 radical (unpaired) electrons. The van der Waals surface area contributed by atoms with Crippen molar-refractivity contribution in [2.45, 2.75) is 11.8 Å². The second-order valence-corrected chi connectivity index (χ2v) is 7.13. The van der Waals surface area contributed by atoms with E-state index in [1.54, 1.807) is 18.3 Å². The monoisotopic (exact) mass is 376 g/mol. The normalized spacial score (nSPS) is 11.6.